The van der Waals surface area contributed by atoms with E-state index in [1.165, 1.54) is 0 Å². The number of carbonyl (C=O) groups is 3. The molecule has 31 heavy (non-hydrogen) atoms. The Morgan fingerprint density at radius 2 is 1.45 bits per heavy atom. The topological polar surface area (TPSA) is 90.5 Å². The van der Waals surface area contributed by atoms with Crippen LogP contribution in [0.1, 0.15) is 36.0 Å². The van der Waals surface area contributed by atoms with E-state index in [0.29, 0.717) is 17.4 Å². The second kappa shape index (κ2) is 10.5. The van der Waals surface area contributed by atoms with Crippen LogP contribution in [0.3, 0.4) is 0 Å². The molecule has 1 aliphatic rings. The second-order valence-electron chi connectivity index (χ2n) is 7.26. The molecule has 3 rings (SSSR count). The van der Waals surface area contributed by atoms with E-state index >= 15 is 0 Å². The molecule has 9 heteroatoms. The molecule has 164 valence electrons. The monoisotopic (exact) mass is 430 g/mol. The highest BCUT2D eigenvalue weighted by Crippen LogP contribution is 2.16. The summed E-state index contributed by atoms with van der Waals surface area (Å²) in [5.41, 5.74) is 0.728. The zero-order chi connectivity index (χ0) is 22.2. The van der Waals surface area contributed by atoms with Gasteiger partial charge in [0.2, 0.25) is 5.91 Å². The maximum atomic E-state index is 13.6. The predicted molar refractivity (Wildman–Crippen MR) is 113 cm³/mol. The Kier molecular flexibility index (Phi) is 7.53. The Bertz CT molecular complexity index is 942. The zero-order valence-electron chi connectivity index (χ0n) is 16.9. The smallest absolute Gasteiger partial charge is 0.321 e. The molecule has 1 fully saturated rings. The molecule has 0 radical (unpaired) electrons. The summed E-state index contributed by atoms with van der Waals surface area (Å²) in [6.45, 7) is 1.10. The molecule has 0 atom stereocenters. The van der Waals surface area contributed by atoms with Crippen LogP contribution in [0, 0.1) is 11.6 Å². The van der Waals surface area contributed by atoms with Crippen molar-refractivity contribution >= 4 is 29.2 Å². The number of likely N-dealkylation sites (tertiary alicyclic amines) is 1. The maximum Gasteiger partial charge on any atom is 0.321 e. The van der Waals surface area contributed by atoms with Gasteiger partial charge in [0.05, 0.1) is 12.1 Å². The van der Waals surface area contributed by atoms with Gasteiger partial charge >= 0.3 is 6.03 Å². The van der Waals surface area contributed by atoms with Crippen molar-refractivity contribution in [2.75, 3.05) is 30.3 Å². The number of rotatable bonds is 5. The van der Waals surface area contributed by atoms with Gasteiger partial charge in [-0.15, -0.1) is 0 Å². The van der Waals surface area contributed by atoms with E-state index in [1.54, 1.807) is 29.2 Å². The van der Waals surface area contributed by atoms with Crippen LogP contribution in [-0.4, -0.2) is 42.4 Å². The fourth-order valence-corrected chi connectivity index (χ4v) is 3.25. The SMILES string of the molecule is O=C(CNC(=O)c1ccc(F)cc1F)Nc1ccc(NC(=O)N2CCCCCC2)cc1. The molecular formula is C22H24F2N4O3. The van der Waals surface area contributed by atoms with Crippen LogP contribution in [0.2, 0.25) is 0 Å². The van der Waals surface area contributed by atoms with Crippen LogP contribution in [0.25, 0.3) is 0 Å². The minimum atomic E-state index is -1.00. The minimum absolute atomic E-state index is 0.144. The van der Waals surface area contributed by atoms with Crippen molar-refractivity contribution in [1.82, 2.24) is 10.2 Å². The minimum Gasteiger partial charge on any atom is -0.343 e. The summed E-state index contributed by atoms with van der Waals surface area (Å²) in [6, 6.07) is 9.00. The van der Waals surface area contributed by atoms with Crippen molar-refractivity contribution in [3.05, 3.63) is 59.7 Å². The van der Waals surface area contributed by atoms with Gasteiger partial charge in [-0.1, -0.05) is 12.8 Å². The van der Waals surface area contributed by atoms with Crippen molar-refractivity contribution in [2.24, 2.45) is 0 Å². The average Bonchev–Trinajstić information content (AvgIpc) is 3.03. The number of hydrogen-bond acceptors (Lipinski definition) is 3. The molecule has 1 aliphatic heterocycles. The average molecular weight is 430 g/mol. The number of urea groups is 1. The number of nitrogens with one attached hydrogen (secondary N) is 3. The van der Waals surface area contributed by atoms with Crippen LogP contribution >= 0.6 is 0 Å². The third kappa shape index (κ3) is 6.50. The van der Waals surface area contributed by atoms with Gasteiger partial charge in [-0.2, -0.15) is 0 Å². The molecule has 2 aromatic rings. The van der Waals surface area contributed by atoms with Crippen molar-refractivity contribution in [1.29, 1.82) is 0 Å². The zero-order valence-corrected chi connectivity index (χ0v) is 16.9. The van der Waals surface area contributed by atoms with Crippen molar-refractivity contribution in [3.63, 3.8) is 0 Å². The number of carbonyl (C=O) groups excluding carboxylic acids is 3. The molecule has 0 saturated carbocycles. The second-order valence-corrected chi connectivity index (χ2v) is 7.26. The quantitative estimate of drug-likeness (QED) is 0.675. The van der Waals surface area contributed by atoms with E-state index in [0.717, 1.165) is 50.9 Å². The predicted octanol–water partition coefficient (Wildman–Crippen LogP) is 3.74. The summed E-state index contributed by atoms with van der Waals surface area (Å²) in [5, 5.41) is 7.72. The number of hydrogen-bond donors (Lipinski definition) is 3. The van der Waals surface area contributed by atoms with Crippen LogP contribution in [0.15, 0.2) is 42.5 Å². The van der Waals surface area contributed by atoms with Gasteiger partial charge in [0.25, 0.3) is 5.91 Å². The Hall–Kier alpha value is -3.49. The first-order valence-electron chi connectivity index (χ1n) is 10.1. The number of halogens is 2. The highest BCUT2D eigenvalue weighted by atomic mass is 19.1. The summed E-state index contributed by atoms with van der Waals surface area (Å²) in [5.74, 6) is -3.13. The molecule has 0 aliphatic carbocycles. The molecule has 3 N–H and O–H groups in total. The first-order valence-corrected chi connectivity index (χ1v) is 10.1. The number of benzene rings is 2. The number of anilines is 2. The molecule has 7 nitrogen and oxygen atoms in total. The molecular weight excluding hydrogens is 406 g/mol. The van der Waals surface area contributed by atoms with E-state index in [-0.39, 0.29) is 18.1 Å². The molecule has 0 spiro atoms. The first kappa shape index (κ1) is 22.2. The van der Waals surface area contributed by atoms with Crippen molar-refractivity contribution in [3.8, 4) is 0 Å². The fraction of sp³-hybridized carbons (Fsp3) is 0.318. The third-order valence-corrected chi connectivity index (χ3v) is 4.90. The molecule has 4 amide bonds. The Labute approximate surface area is 178 Å². The van der Waals surface area contributed by atoms with Crippen LogP contribution in [-0.2, 0) is 4.79 Å². The first-order chi connectivity index (χ1) is 14.9. The lowest BCUT2D eigenvalue weighted by Crippen LogP contribution is -2.35. The van der Waals surface area contributed by atoms with E-state index in [9.17, 15) is 23.2 Å². The molecule has 1 heterocycles. The van der Waals surface area contributed by atoms with E-state index in [2.05, 4.69) is 16.0 Å². The summed E-state index contributed by atoms with van der Waals surface area (Å²) >= 11 is 0. The largest absolute Gasteiger partial charge is 0.343 e. The van der Waals surface area contributed by atoms with Gasteiger partial charge in [0.1, 0.15) is 11.6 Å². The fourth-order valence-electron chi connectivity index (χ4n) is 3.25. The van der Waals surface area contributed by atoms with Crippen LogP contribution < -0.4 is 16.0 Å². The summed E-state index contributed by atoms with van der Waals surface area (Å²) in [6.07, 6.45) is 4.28. The summed E-state index contributed by atoms with van der Waals surface area (Å²) in [7, 11) is 0. The van der Waals surface area contributed by atoms with Crippen LogP contribution in [0.5, 0.6) is 0 Å². The lowest BCUT2D eigenvalue weighted by Gasteiger charge is -2.20. The summed E-state index contributed by atoms with van der Waals surface area (Å²) in [4.78, 5) is 38.1. The normalized spacial score (nSPS) is 13.8. The van der Waals surface area contributed by atoms with Crippen LogP contribution in [0.4, 0.5) is 25.0 Å². The number of amides is 4. The third-order valence-electron chi connectivity index (χ3n) is 4.90. The molecule has 0 unspecified atom stereocenters. The molecule has 0 bridgehead atoms. The molecule has 2 aromatic carbocycles. The number of nitrogens with zero attached hydrogens (tertiary/aromatic N) is 1. The van der Waals surface area contributed by atoms with E-state index in [1.807, 2.05) is 0 Å². The van der Waals surface area contributed by atoms with Gasteiger partial charge in [-0.25, -0.2) is 13.6 Å². The van der Waals surface area contributed by atoms with Crippen molar-refractivity contribution < 1.29 is 23.2 Å². The Morgan fingerprint density at radius 3 is 2.06 bits per heavy atom. The maximum absolute atomic E-state index is 13.6. The highest BCUT2D eigenvalue weighted by Gasteiger charge is 2.16. The van der Waals surface area contributed by atoms with Gasteiger partial charge in [-0.05, 0) is 49.2 Å². The Balaban J connectivity index is 1.47. The standard InChI is InChI=1S/C22H24F2N4O3/c23-15-5-10-18(19(24)13-15)21(30)25-14-20(29)26-16-6-8-17(9-7-16)27-22(31)28-11-3-1-2-4-12-28/h5-10,13H,1-4,11-12,14H2,(H,25,30)(H,26,29)(H,27,31). The molecule has 1 saturated heterocycles. The van der Waals surface area contributed by atoms with Gasteiger partial charge in [0.15, 0.2) is 0 Å². The van der Waals surface area contributed by atoms with Gasteiger partial charge < -0.3 is 20.9 Å². The summed E-state index contributed by atoms with van der Waals surface area (Å²) < 4.78 is 26.5. The Morgan fingerprint density at radius 1 is 0.839 bits per heavy atom. The molecule has 0 aromatic heterocycles. The van der Waals surface area contributed by atoms with Gasteiger partial charge in [0, 0.05) is 30.5 Å². The lowest BCUT2D eigenvalue weighted by molar-refractivity contribution is -0.115. The van der Waals surface area contributed by atoms with E-state index < -0.39 is 23.4 Å². The van der Waals surface area contributed by atoms with Gasteiger partial charge in [-0.3, -0.25) is 9.59 Å². The lowest BCUT2D eigenvalue weighted by atomic mass is 10.2. The highest BCUT2D eigenvalue weighted by molar-refractivity contribution is 5.99. The van der Waals surface area contributed by atoms with E-state index in [4.69, 9.17) is 0 Å². The van der Waals surface area contributed by atoms with Crippen molar-refractivity contribution in [2.45, 2.75) is 25.7 Å².